The topological polar surface area (TPSA) is 49.8 Å². The third-order valence-electron chi connectivity index (χ3n) is 4.16. The number of benzene rings is 2. The quantitative estimate of drug-likeness (QED) is 0.294. The molecular weight excluding hydrogens is 475 g/mol. The van der Waals surface area contributed by atoms with Crippen LogP contribution in [-0.2, 0) is 19.7 Å². The number of hydrogen-bond acceptors (Lipinski definition) is 3. The maximum atomic E-state index is 5.78. The number of nitrogens with zero attached hydrogens (tertiary/aromatic N) is 3. The molecule has 0 aliphatic rings. The van der Waals surface area contributed by atoms with Crippen LogP contribution in [0.4, 0.5) is 0 Å². The molecule has 3 rings (SSSR count). The Morgan fingerprint density at radius 2 is 1.66 bits per heavy atom. The molecule has 0 aliphatic carbocycles. The molecule has 0 spiro atoms. The average molecular weight is 502 g/mol. The first-order valence-corrected chi connectivity index (χ1v) is 9.32. The summed E-state index contributed by atoms with van der Waals surface area (Å²) < 4.78 is 5.78. The molecule has 0 fully saturated rings. The predicted molar refractivity (Wildman–Crippen MR) is 129 cm³/mol. The van der Waals surface area contributed by atoms with Gasteiger partial charge in [0, 0.05) is 26.8 Å². The van der Waals surface area contributed by atoms with Crippen molar-refractivity contribution in [3.8, 4) is 5.75 Å². The van der Waals surface area contributed by atoms with E-state index in [0.29, 0.717) is 19.7 Å². The number of aliphatic imine (C=N–C) groups is 1. The SMILES string of the molecule is CN(C)C(=NCc1ccccc1)NCc1ccc(OCc2ccccn2)cc1.I. The highest BCUT2D eigenvalue weighted by Crippen LogP contribution is 2.13. The van der Waals surface area contributed by atoms with Crippen LogP contribution in [0.5, 0.6) is 5.75 Å². The second-order valence-corrected chi connectivity index (χ2v) is 6.63. The normalized spacial score (nSPS) is 10.8. The van der Waals surface area contributed by atoms with Crippen molar-refractivity contribution in [1.82, 2.24) is 15.2 Å². The van der Waals surface area contributed by atoms with Crippen LogP contribution in [0.1, 0.15) is 16.8 Å². The van der Waals surface area contributed by atoms with Crippen molar-refractivity contribution in [2.45, 2.75) is 19.7 Å². The van der Waals surface area contributed by atoms with E-state index < -0.39 is 0 Å². The van der Waals surface area contributed by atoms with Gasteiger partial charge in [0.25, 0.3) is 0 Å². The van der Waals surface area contributed by atoms with Crippen LogP contribution >= 0.6 is 24.0 Å². The van der Waals surface area contributed by atoms with Gasteiger partial charge in [-0.3, -0.25) is 4.98 Å². The van der Waals surface area contributed by atoms with E-state index in [1.165, 1.54) is 11.1 Å². The summed E-state index contributed by atoms with van der Waals surface area (Å²) in [6.45, 7) is 1.82. The first-order valence-electron chi connectivity index (χ1n) is 9.32. The zero-order valence-electron chi connectivity index (χ0n) is 16.8. The van der Waals surface area contributed by atoms with E-state index in [4.69, 9.17) is 4.74 Å². The molecule has 5 nitrogen and oxygen atoms in total. The minimum Gasteiger partial charge on any atom is -0.487 e. The van der Waals surface area contributed by atoms with Crippen molar-refractivity contribution in [2.24, 2.45) is 4.99 Å². The van der Waals surface area contributed by atoms with Crippen molar-refractivity contribution in [2.75, 3.05) is 14.1 Å². The molecule has 3 aromatic rings. The number of nitrogens with one attached hydrogen (secondary N) is 1. The minimum absolute atomic E-state index is 0. The molecule has 6 heteroatoms. The molecule has 0 unspecified atom stereocenters. The molecule has 0 bridgehead atoms. The Labute approximate surface area is 189 Å². The lowest BCUT2D eigenvalue weighted by Gasteiger charge is -2.18. The van der Waals surface area contributed by atoms with Crippen molar-refractivity contribution in [3.63, 3.8) is 0 Å². The average Bonchev–Trinajstić information content (AvgIpc) is 2.74. The molecule has 0 amide bonds. The van der Waals surface area contributed by atoms with Crippen LogP contribution in [0, 0.1) is 0 Å². The second-order valence-electron chi connectivity index (χ2n) is 6.63. The smallest absolute Gasteiger partial charge is 0.194 e. The maximum absolute atomic E-state index is 5.78. The van der Waals surface area contributed by atoms with Crippen LogP contribution in [-0.4, -0.2) is 29.9 Å². The van der Waals surface area contributed by atoms with E-state index in [1.54, 1.807) is 6.20 Å². The van der Waals surface area contributed by atoms with Gasteiger partial charge in [0.1, 0.15) is 12.4 Å². The Balaban J connectivity index is 0.00000300. The maximum Gasteiger partial charge on any atom is 0.194 e. The zero-order chi connectivity index (χ0) is 19.6. The zero-order valence-corrected chi connectivity index (χ0v) is 19.1. The molecular formula is C23H27IN4O. The molecule has 0 saturated carbocycles. The van der Waals surface area contributed by atoms with Crippen molar-refractivity contribution in [3.05, 3.63) is 95.8 Å². The van der Waals surface area contributed by atoms with E-state index >= 15 is 0 Å². The number of hydrogen-bond donors (Lipinski definition) is 1. The molecule has 0 atom stereocenters. The Hall–Kier alpha value is -2.61. The number of guanidine groups is 1. The number of halogens is 1. The Morgan fingerprint density at radius 1 is 0.931 bits per heavy atom. The van der Waals surface area contributed by atoms with Crippen LogP contribution < -0.4 is 10.1 Å². The molecule has 0 aliphatic heterocycles. The summed E-state index contributed by atoms with van der Waals surface area (Å²) in [5.41, 5.74) is 3.27. The fourth-order valence-electron chi connectivity index (χ4n) is 2.63. The van der Waals surface area contributed by atoms with Crippen LogP contribution in [0.3, 0.4) is 0 Å². The third kappa shape index (κ3) is 7.73. The number of ether oxygens (including phenoxy) is 1. The van der Waals surface area contributed by atoms with E-state index in [-0.39, 0.29) is 24.0 Å². The van der Waals surface area contributed by atoms with Crippen molar-refractivity contribution < 1.29 is 4.74 Å². The summed E-state index contributed by atoms with van der Waals surface area (Å²) in [7, 11) is 3.98. The minimum atomic E-state index is 0. The highest BCUT2D eigenvalue weighted by Gasteiger charge is 2.03. The highest BCUT2D eigenvalue weighted by atomic mass is 127. The Bertz CT molecular complexity index is 868. The van der Waals surface area contributed by atoms with E-state index in [1.807, 2.05) is 67.5 Å². The fraction of sp³-hybridized carbons (Fsp3) is 0.217. The van der Waals surface area contributed by atoms with Gasteiger partial charge in [-0.25, -0.2) is 4.99 Å². The van der Waals surface area contributed by atoms with Crippen LogP contribution in [0.2, 0.25) is 0 Å². The molecule has 0 radical (unpaired) electrons. The first-order chi connectivity index (χ1) is 13.7. The number of rotatable bonds is 7. The molecule has 29 heavy (non-hydrogen) atoms. The van der Waals surface area contributed by atoms with Gasteiger partial charge in [0.15, 0.2) is 5.96 Å². The lowest BCUT2D eigenvalue weighted by Crippen LogP contribution is -2.36. The second kappa shape index (κ2) is 12.1. The molecule has 0 saturated heterocycles. The van der Waals surface area contributed by atoms with Gasteiger partial charge in [-0.2, -0.15) is 0 Å². The number of aromatic nitrogens is 1. The number of pyridine rings is 1. The van der Waals surface area contributed by atoms with Gasteiger partial charge in [-0.1, -0.05) is 48.5 Å². The molecule has 2 aromatic carbocycles. The van der Waals surface area contributed by atoms with Crippen LogP contribution in [0.15, 0.2) is 84.0 Å². The standard InChI is InChI=1S/C23H26N4O.HI/c1-27(2)23(25-16-19-8-4-3-5-9-19)26-17-20-11-13-22(14-12-20)28-18-21-10-6-7-15-24-21;/h3-15H,16-18H2,1-2H3,(H,25,26);1H. The predicted octanol–water partition coefficient (Wildman–Crippen LogP) is 4.49. The third-order valence-corrected chi connectivity index (χ3v) is 4.16. The van der Waals surface area contributed by atoms with Gasteiger partial charge < -0.3 is 15.0 Å². The molecule has 152 valence electrons. The summed E-state index contributed by atoms with van der Waals surface area (Å²) in [6, 6.07) is 24.1. The summed E-state index contributed by atoms with van der Waals surface area (Å²) in [5, 5.41) is 3.41. The van der Waals surface area contributed by atoms with Gasteiger partial charge in [-0.05, 0) is 35.4 Å². The summed E-state index contributed by atoms with van der Waals surface area (Å²) in [6.07, 6.45) is 1.77. The van der Waals surface area contributed by atoms with E-state index in [9.17, 15) is 0 Å². The lowest BCUT2D eigenvalue weighted by molar-refractivity contribution is 0.301. The van der Waals surface area contributed by atoms with Gasteiger partial charge in [-0.15, -0.1) is 24.0 Å². The van der Waals surface area contributed by atoms with Gasteiger partial charge in [0.2, 0.25) is 0 Å². The Kier molecular flexibility index (Phi) is 9.43. The van der Waals surface area contributed by atoms with Crippen molar-refractivity contribution >= 4 is 29.9 Å². The van der Waals surface area contributed by atoms with Crippen LogP contribution in [0.25, 0.3) is 0 Å². The summed E-state index contributed by atoms with van der Waals surface area (Å²) in [5.74, 6) is 1.69. The Morgan fingerprint density at radius 3 is 2.31 bits per heavy atom. The summed E-state index contributed by atoms with van der Waals surface area (Å²) in [4.78, 5) is 10.9. The molecule has 1 aromatic heterocycles. The van der Waals surface area contributed by atoms with Gasteiger partial charge in [0.05, 0.1) is 12.2 Å². The lowest BCUT2D eigenvalue weighted by atomic mass is 10.2. The molecule has 1 heterocycles. The van der Waals surface area contributed by atoms with Crippen molar-refractivity contribution in [1.29, 1.82) is 0 Å². The first kappa shape index (κ1) is 22.7. The fourth-order valence-corrected chi connectivity index (χ4v) is 2.63. The molecule has 1 N–H and O–H groups in total. The largest absolute Gasteiger partial charge is 0.487 e. The highest BCUT2D eigenvalue weighted by molar-refractivity contribution is 14.0. The van der Waals surface area contributed by atoms with E-state index in [0.717, 1.165) is 17.4 Å². The van der Waals surface area contributed by atoms with E-state index in [2.05, 4.69) is 39.6 Å². The summed E-state index contributed by atoms with van der Waals surface area (Å²) >= 11 is 0. The monoisotopic (exact) mass is 502 g/mol. The van der Waals surface area contributed by atoms with Gasteiger partial charge >= 0.3 is 0 Å².